The first-order valence-corrected chi connectivity index (χ1v) is 12.0. The molecule has 2 unspecified atom stereocenters. The Morgan fingerprint density at radius 2 is 1.89 bits per heavy atom. The van der Waals surface area contributed by atoms with Gasteiger partial charge in [0, 0.05) is 30.8 Å². The molecule has 0 bridgehead atoms. The van der Waals surface area contributed by atoms with E-state index in [2.05, 4.69) is 0 Å². The average molecular weight is 525 g/mol. The third-order valence-electron chi connectivity index (χ3n) is 6.63. The molecule has 1 amide bonds. The lowest BCUT2D eigenvalue weighted by molar-refractivity contribution is -0.263. The molecule has 2 atom stereocenters. The van der Waals surface area contributed by atoms with Crippen LogP contribution >= 0.6 is 0 Å². The summed E-state index contributed by atoms with van der Waals surface area (Å²) in [6, 6.07) is 9.86. The van der Waals surface area contributed by atoms with Crippen molar-refractivity contribution < 1.29 is 37.3 Å². The Hall–Kier alpha value is -3.11. The van der Waals surface area contributed by atoms with E-state index in [1.54, 1.807) is 23.1 Å². The molecule has 1 saturated heterocycles. The number of likely N-dealkylation sites (tertiary alicyclic amines) is 1. The van der Waals surface area contributed by atoms with Crippen LogP contribution in [0.3, 0.4) is 0 Å². The molecule has 1 fully saturated rings. The minimum atomic E-state index is -5.02. The van der Waals surface area contributed by atoms with Crippen molar-refractivity contribution in [2.45, 2.75) is 56.4 Å². The zero-order valence-electron chi connectivity index (χ0n) is 20.8. The number of carbonyl (C=O) groups excluding carboxylic acids is 1. The molecule has 1 aliphatic rings. The molecule has 4 N–H and O–H groups in total. The molecule has 0 aliphatic carbocycles. The average Bonchev–Trinajstić information content (AvgIpc) is 2.83. The fourth-order valence-corrected chi connectivity index (χ4v) is 4.61. The van der Waals surface area contributed by atoms with Crippen molar-refractivity contribution >= 4 is 12.0 Å². The highest BCUT2D eigenvalue weighted by atomic mass is 19.4. The molecule has 2 aromatic carbocycles. The van der Waals surface area contributed by atoms with Crippen molar-refractivity contribution in [1.29, 1.82) is 0 Å². The van der Waals surface area contributed by atoms with Gasteiger partial charge in [0.05, 0.1) is 13.2 Å². The molecular formula is C27H32F4N2O4. The van der Waals surface area contributed by atoms with Gasteiger partial charge >= 0.3 is 6.18 Å². The number of amides is 1. The van der Waals surface area contributed by atoms with Gasteiger partial charge in [-0.05, 0) is 72.7 Å². The Morgan fingerprint density at radius 1 is 1.22 bits per heavy atom. The Balaban J connectivity index is 1.80. The van der Waals surface area contributed by atoms with Crippen molar-refractivity contribution in [2.75, 3.05) is 20.2 Å². The van der Waals surface area contributed by atoms with Gasteiger partial charge in [0.1, 0.15) is 11.6 Å². The minimum Gasteiger partial charge on any atom is -0.496 e. The number of piperidine rings is 1. The smallest absolute Gasteiger partial charge is 0.417 e. The molecule has 6 nitrogen and oxygen atoms in total. The van der Waals surface area contributed by atoms with E-state index in [1.165, 1.54) is 32.2 Å². The molecule has 1 heterocycles. The topological polar surface area (TPSA) is 96.0 Å². The second kappa shape index (κ2) is 11.5. The number of nitrogens with two attached hydrogens (primary N) is 1. The second-order valence-corrected chi connectivity index (χ2v) is 9.57. The van der Waals surface area contributed by atoms with Crippen LogP contribution in [-0.4, -0.2) is 59.1 Å². The summed E-state index contributed by atoms with van der Waals surface area (Å²) in [4.78, 5) is 14.4. The number of rotatable bonds is 8. The number of aliphatic hydroxyl groups excluding tert-OH is 1. The molecule has 3 rings (SSSR count). The van der Waals surface area contributed by atoms with Crippen LogP contribution in [0.2, 0.25) is 0 Å². The summed E-state index contributed by atoms with van der Waals surface area (Å²) in [7, 11) is 1.33. The zero-order chi connectivity index (χ0) is 27.4. The van der Waals surface area contributed by atoms with Gasteiger partial charge in [0.25, 0.3) is 5.91 Å². The summed E-state index contributed by atoms with van der Waals surface area (Å²) in [5, 5.41) is 20.4. The molecule has 0 aromatic heterocycles. The Kier molecular flexibility index (Phi) is 8.86. The van der Waals surface area contributed by atoms with Crippen LogP contribution in [0.1, 0.15) is 60.0 Å². The minimum absolute atomic E-state index is 0.198. The van der Waals surface area contributed by atoms with Crippen molar-refractivity contribution in [1.82, 2.24) is 4.90 Å². The first-order chi connectivity index (χ1) is 17.3. The van der Waals surface area contributed by atoms with Gasteiger partial charge in [-0.3, -0.25) is 4.79 Å². The number of hydrogen-bond donors (Lipinski definition) is 3. The van der Waals surface area contributed by atoms with Gasteiger partial charge in [0.2, 0.25) is 0 Å². The van der Waals surface area contributed by atoms with Crippen molar-refractivity contribution in [2.24, 2.45) is 5.73 Å². The van der Waals surface area contributed by atoms with Gasteiger partial charge in [0.15, 0.2) is 5.60 Å². The lowest BCUT2D eigenvalue weighted by Crippen LogP contribution is -2.47. The van der Waals surface area contributed by atoms with Crippen LogP contribution < -0.4 is 10.5 Å². The maximum Gasteiger partial charge on any atom is 0.417 e. The van der Waals surface area contributed by atoms with Crippen LogP contribution in [0.5, 0.6) is 5.75 Å². The van der Waals surface area contributed by atoms with Gasteiger partial charge in [-0.25, -0.2) is 4.39 Å². The van der Waals surface area contributed by atoms with E-state index in [0.29, 0.717) is 37.1 Å². The number of benzene rings is 2. The Morgan fingerprint density at radius 3 is 2.51 bits per heavy atom. The van der Waals surface area contributed by atoms with Gasteiger partial charge in [-0.15, -0.1) is 0 Å². The fraction of sp³-hybridized carbons (Fsp3) is 0.444. The highest BCUT2D eigenvalue weighted by molar-refractivity contribution is 5.94. The predicted octanol–water partition coefficient (Wildman–Crippen LogP) is 4.61. The molecular weight excluding hydrogens is 492 g/mol. The van der Waals surface area contributed by atoms with E-state index in [-0.39, 0.29) is 22.9 Å². The summed E-state index contributed by atoms with van der Waals surface area (Å²) in [6.07, 6.45) is -4.89. The standard InChI is InChI=1S/C27H32F4N2O4/c1-17(23-14-20(28)6-7-24(23)37-2)15-26(36,27(29,30)31)16-21(32)13-18-4-3-5-19(12-18)25(35)33-10-8-22(34)9-11-33/h3-7,12-14,17,22,34,36H,8-11,15-16,32H2,1-2H3/b21-13-. The van der Waals surface area contributed by atoms with Crippen LogP contribution in [0.25, 0.3) is 6.08 Å². The second-order valence-electron chi connectivity index (χ2n) is 9.57. The first kappa shape index (κ1) is 28.5. The number of halogens is 4. The van der Waals surface area contributed by atoms with E-state index < -0.39 is 42.5 Å². The summed E-state index contributed by atoms with van der Waals surface area (Å²) in [5.41, 5.74) is 3.49. The summed E-state index contributed by atoms with van der Waals surface area (Å²) in [5.74, 6) is -1.57. The van der Waals surface area contributed by atoms with Crippen LogP contribution in [-0.2, 0) is 0 Å². The molecule has 37 heavy (non-hydrogen) atoms. The lowest BCUT2D eigenvalue weighted by atomic mass is 9.83. The summed E-state index contributed by atoms with van der Waals surface area (Å²) >= 11 is 0. The van der Waals surface area contributed by atoms with E-state index in [4.69, 9.17) is 10.5 Å². The monoisotopic (exact) mass is 524 g/mol. The number of aliphatic hydroxyl groups is 2. The van der Waals surface area contributed by atoms with Crippen molar-refractivity contribution in [3.63, 3.8) is 0 Å². The Labute approximate surface area is 213 Å². The molecule has 1 aliphatic heterocycles. The third-order valence-corrected chi connectivity index (χ3v) is 6.63. The van der Waals surface area contributed by atoms with E-state index in [0.717, 1.165) is 12.1 Å². The number of carbonyl (C=O) groups is 1. The van der Waals surface area contributed by atoms with Crippen LogP contribution in [0.4, 0.5) is 17.6 Å². The van der Waals surface area contributed by atoms with Crippen molar-refractivity contribution in [3.05, 3.63) is 70.7 Å². The normalized spacial score (nSPS) is 17.8. The van der Waals surface area contributed by atoms with E-state index in [1.807, 2.05) is 0 Å². The number of methoxy groups -OCH3 is 1. The highest BCUT2D eigenvalue weighted by Crippen LogP contribution is 2.43. The quantitative estimate of drug-likeness (QED) is 0.439. The summed E-state index contributed by atoms with van der Waals surface area (Å²) < 4.78 is 61.0. The van der Waals surface area contributed by atoms with E-state index >= 15 is 0 Å². The Bertz CT molecular complexity index is 1130. The number of alkyl halides is 3. The van der Waals surface area contributed by atoms with Crippen LogP contribution in [0.15, 0.2) is 48.2 Å². The SMILES string of the molecule is COc1ccc(F)cc1C(C)CC(O)(C/C(N)=C/c1cccc(C(=O)N2CCC(O)CC2)c1)C(F)(F)F. The molecule has 0 spiro atoms. The largest absolute Gasteiger partial charge is 0.496 e. The maximum atomic E-state index is 14.0. The summed E-state index contributed by atoms with van der Waals surface area (Å²) in [6.45, 7) is 2.27. The first-order valence-electron chi connectivity index (χ1n) is 12.0. The molecule has 202 valence electrons. The zero-order valence-corrected chi connectivity index (χ0v) is 20.8. The third kappa shape index (κ3) is 7.01. The fourth-order valence-electron chi connectivity index (χ4n) is 4.61. The maximum absolute atomic E-state index is 14.0. The van der Waals surface area contributed by atoms with E-state index in [9.17, 15) is 32.6 Å². The van der Waals surface area contributed by atoms with Gasteiger partial charge < -0.3 is 25.6 Å². The predicted molar refractivity (Wildman–Crippen MR) is 131 cm³/mol. The van der Waals surface area contributed by atoms with Crippen molar-refractivity contribution in [3.8, 4) is 5.75 Å². The van der Waals surface area contributed by atoms with Gasteiger partial charge in [-0.2, -0.15) is 13.2 Å². The lowest BCUT2D eigenvalue weighted by Gasteiger charge is -2.33. The molecule has 0 radical (unpaired) electrons. The molecule has 2 aromatic rings. The molecule has 0 saturated carbocycles. The molecule has 10 heteroatoms. The number of ether oxygens (including phenoxy) is 1. The highest BCUT2D eigenvalue weighted by Gasteiger charge is 2.54. The van der Waals surface area contributed by atoms with Crippen LogP contribution in [0, 0.1) is 5.82 Å². The number of hydrogen-bond acceptors (Lipinski definition) is 5. The van der Waals surface area contributed by atoms with Gasteiger partial charge in [-0.1, -0.05) is 19.1 Å². The number of nitrogens with zero attached hydrogens (tertiary/aromatic N) is 1.